The van der Waals surface area contributed by atoms with Crippen molar-refractivity contribution in [2.24, 2.45) is 0 Å². The van der Waals surface area contributed by atoms with Crippen molar-refractivity contribution in [1.82, 2.24) is 9.78 Å². The van der Waals surface area contributed by atoms with E-state index >= 15 is 0 Å². The molecular weight excluding hydrogens is 229 g/mol. The van der Waals surface area contributed by atoms with E-state index < -0.39 is 18.9 Å². The minimum atomic E-state index is -4.68. The summed E-state index contributed by atoms with van der Waals surface area (Å²) in [5.41, 5.74) is 0.214. The SMILES string of the molecule is Cc1nn(CCOC(F)(F)F)cc1C(=O)O. The minimum absolute atomic E-state index is 0.0352. The summed E-state index contributed by atoms with van der Waals surface area (Å²) >= 11 is 0. The second kappa shape index (κ2) is 4.52. The van der Waals surface area contributed by atoms with Crippen LogP contribution in [0.1, 0.15) is 16.1 Å². The molecule has 0 atom stereocenters. The van der Waals surface area contributed by atoms with E-state index in [2.05, 4.69) is 9.84 Å². The maximum absolute atomic E-state index is 11.6. The minimum Gasteiger partial charge on any atom is -0.478 e. The van der Waals surface area contributed by atoms with Gasteiger partial charge < -0.3 is 5.11 Å². The van der Waals surface area contributed by atoms with E-state index in [9.17, 15) is 18.0 Å². The molecule has 1 rings (SSSR count). The Bertz CT molecular complexity index is 386. The Balaban J connectivity index is 2.56. The van der Waals surface area contributed by atoms with Gasteiger partial charge in [0.15, 0.2) is 0 Å². The second-order valence-corrected chi connectivity index (χ2v) is 2.99. The number of aromatic nitrogens is 2. The van der Waals surface area contributed by atoms with Crippen molar-refractivity contribution in [2.75, 3.05) is 6.61 Å². The molecule has 0 bridgehead atoms. The molecule has 5 nitrogen and oxygen atoms in total. The van der Waals surface area contributed by atoms with Crippen LogP contribution in [0.15, 0.2) is 6.20 Å². The zero-order valence-corrected chi connectivity index (χ0v) is 8.28. The molecule has 0 radical (unpaired) electrons. The lowest BCUT2D eigenvalue weighted by Crippen LogP contribution is -2.17. The molecule has 16 heavy (non-hydrogen) atoms. The normalized spacial score (nSPS) is 11.8. The second-order valence-electron chi connectivity index (χ2n) is 2.99. The van der Waals surface area contributed by atoms with Gasteiger partial charge >= 0.3 is 12.3 Å². The van der Waals surface area contributed by atoms with Crippen LogP contribution >= 0.6 is 0 Å². The highest BCUT2D eigenvalue weighted by Crippen LogP contribution is 2.15. The van der Waals surface area contributed by atoms with E-state index in [0.29, 0.717) is 0 Å². The van der Waals surface area contributed by atoms with Crippen molar-refractivity contribution >= 4 is 5.97 Å². The summed E-state index contributed by atoms with van der Waals surface area (Å²) in [6, 6.07) is 0. The van der Waals surface area contributed by atoms with Crippen LogP contribution < -0.4 is 0 Å². The third-order valence-corrected chi connectivity index (χ3v) is 1.76. The quantitative estimate of drug-likeness (QED) is 0.861. The van der Waals surface area contributed by atoms with E-state index in [4.69, 9.17) is 5.11 Å². The van der Waals surface area contributed by atoms with Crippen LogP contribution in [0.4, 0.5) is 13.2 Å². The van der Waals surface area contributed by atoms with E-state index in [1.54, 1.807) is 0 Å². The molecule has 1 aromatic heterocycles. The van der Waals surface area contributed by atoms with Gasteiger partial charge in [0.05, 0.1) is 18.8 Å². The zero-order chi connectivity index (χ0) is 12.3. The monoisotopic (exact) mass is 238 g/mol. The van der Waals surface area contributed by atoms with Crippen molar-refractivity contribution in [1.29, 1.82) is 0 Å². The topological polar surface area (TPSA) is 64.4 Å². The Morgan fingerprint density at radius 2 is 2.25 bits per heavy atom. The van der Waals surface area contributed by atoms with Crippen LogP contribution in [0.2, 0.25) is 0 Å². The van der Waals surface area contributed by atoms with Gasteiger partial charge in [0.25, 0.3) is 0 Å². The summed E-state index contributed by atoms with van der Waals surface area (Å²) in [7, 11) is 0. The number of alkyl halides is 3. The molecule has 90 valence electrons. The third-order valence-electron chi connectivity index (χ3n) is 1.76. The average Bonchev–Trinajstić information content (AvgIpc) is 2.44. The molecule has 0 aliphatic rings. The Kier molecular flexibility index (Phi) is 3.53. The van der Waals surface area contributed by atoms with Crippen LogP contribution in [-0.4, -0.2) is 33.8 Å². The highest BCUT2D eigenvalue weighted by molar-refractivity contribution is 5.88. The van der Waals surface area contributed by atoms with Gasteiger partial charge in [-0.25, -0.2) is 4.79 Å². The highest BCUT2D eigenvalue weighted by atomic mass is 19.4. The first-order valence-electron chi connectivity index (χ1n) is 4.27. The summed E-state index contributed by atoms with van der Waals surface area (Å²) in [4.78, 5) is 10.6. The Morgan fingerprint density at radius 3 is 2.69 bits per heavy atom. The molecular formula is C8H9F3N2O3. The average molecular weight is 238 g/mol. The van der Waals surface area contributed by atoms with Gasteiger partial charge in [-0.15, -0.1) is 13.2 Å². The molecule has 0 spiro atoms. The van der Waals surface area contributed by atoms with Gasteiger partial charge in [-0.1, -0.05) is 0 Å². The number of carboxylic acid groups (broad SMARTS) is 1. The number of aromatic carboxylic acids is 1. The van der Waals surface area contributed by atoms with Crippen LogP contribution in [0.5, 0.6) is 0 Å². The number of nitrogens with zero attached hydrogens (tertiary/aromatic N) is 2. The van der Waals surface area contributed by atoms with Crippen molar-refractivity contribution in [2.45, 2.75) is 19.8 Å². The Morgan fingerprint density at radius 1 is 1.62 bits per heavy atom. The summed E-state index contributed by atoms with van der Waals surface area (Å²) in [6.07, 6.45) is -3.52. The molecule has 0 aliphatic heterocycles. The molecule has 0 fully saturated rings. The van der Waals surface area contributed by atoms with Crippen molar-refractivity contribution < 1.29 is 27.8 Å². The van der Waals surface area contributed by atoms with Gasteiger partial charge in [0.2, 0.25) is 0 Å². The zero-order valence-electron chi connectivity index (χ0n) is 8.28. The molecule has 0 saturated carbocycles. The predicted molar refractivity (Wildman–Crippen MR) is 45.9 cm³/mol. The smallest absolute Gasteiger partial charge is 0.478 e. The van der Waals surface area contributed by atoms with Gasteiger partial charge in [-0.2, -0.15) is 5.10 Å². The maximum atomic E-state index is 11.6. The van der Waals surface area contributed by atoms with Gasteiger partial charge in [-0.05, 0) is 6.92 Å². The van der Waals surface area contributed by atoms with E-state index in [0.717, 1.165) is 10.9 Å². The number of carboxylic acids is 1. The first kappa shape index (κ1) is 12.5. The Labute approximate surface area is 88.4 Å². The standard InChI is InChI=1S/C8H9F3N2O3/c1-5-6(7(14)15)4-13(12-5)2-3-16-8(9,10)11/h4H,2-3H2,1H3,(H,14,15). The molecule has 0 aromatic carbocycles. The van der Waals surface area contributed by atoms with E-state index in [1.807, 2.05) is 0 Å². The summed E-state index contributed by atoms with van der Waals surface area (Å²) in [5.74, 6) is -1.17. The lowest BCUT2D eigenvalue weighted by molar-refractivity contribution is -0.325. The maximum Gasteiger partial charge on any atom is 0.522 e. The number of hydrogen-bond acceptors (Lipinski definition) is 3. The highest BCUT2D eigenvalue weighted by Gasteiger charge is 2.28. The number of rotatable bonds is 4. The first-order chi connectivity index (χ1) is 7.29. The van der Waals surface area contributed by atoms with E-state index in [-0.39, 0.29) is 17.8 Å². The lowest BCUT2D eigenvalue weighted by atomic mass is 10.3. The van der Waals surface area contributed by atoms with Gasteiger partial charge in [0, 0.05) is 6.20 Å². The Hall–Kier alpha value is -1.57. The summed E-state index contributed by atoms with van der Waals surface area (Å²) in [6.45, 7) is 0.696. The van der Waals surface area contributed by atoms with Crippen molar-refractivity contribution in [3.05, 3.63) is 17.5 Å². The number of aryl methyl sites for hydroxylation is 1. The van der Waals surface area contributed by atoms with Crippen LogP contribution in [-0.2, 0) is 11.3 Å². The third kappa shape index (κ3) is 3.54. The molecule has 0 saturated heterocycles. The molecule has 1 N–H and O–H groups in total. The van der Waals surface area contributed by atoms with Crippen molar-refractivity contribution in [3.8, 4) is 0 Å². The predicted octanol–water partition coefficient (Wildman–Crippen LogP) is 1.43. The fourth-order valence-electron chi connectivity index (χ4n) is 1.10. The molecule has 8 heteroatoms. The number of halogens is 3. The fraction of sp³-hybridized carbons (Fsp3) is 0.500. The van der Waals surface area contributed by atoms with Crippen LogP contribution in [0, 0.1) is 6.92 Å². The molecule has 0 unspecified atom stereocenters. The number of hydrogen-bond donors (Lipinski definition) is 1. The molecule has 0 amide bonds. The van der Waals surface area contributed by atoms with E-state index in [1.165, 1.54) is 6.92 Å². The lowest BCUT2D eigenvalue weighted by Gasteiger charge is -2.06. The molecule has 0 aliphatic carbocycles. The van der Waals surface area contributed by atoms with Crippen LogP contribution in [0.25, 0.3) is 0 Å². The van der Waals surface area contributed by atoms with Crippen LogP contribution in [0.3, 0.4) is 0 Å². The number of carbonyl (C=O) groups is 1. The van der Waals surface area contributed by atoms with Crippen molar-refractivity contribution in [3.63, 3.8) is 0 Å². The number of ether oxygens (including phenoxy) is 1. The first-order valence-corrected chi connectivity index (χ1v) is 4.27. The summed E-state index contributed by atoms with van der Waals surface area (Å²) < 4.78 is 39.5. The largest absolute Gasteiger partial charge is 0.522 e. The summed E-state index contributed by atoms with van der Waals surface area (Å²) in [5, 5.41) is 12.4. The molecule has 1 heterocycles. The van der Waals surface area contributed by atoms with Gasteiger partial charge in [-0.3, -0.25) is 9.42 Å². The molecule has 1 aromatic rings. The van der Waals surface area contributed by atoms with Gasteiger partial charge in [0.1, 0.15) is 5.56 Å². The fourth-order valence-corrected chi connectivity index (χ4v) is 1.10.